The van der Waals surface area contributed by atoms with Crippen LogP contribution in [0.3, 0.4) is 0 Å². The zero-order valence-corrected chi connectivity index (χ0v) is 17.0. The fourth-order valence-electron chi connectivity index (χ4n) is 2.33. The number of hydrogen-bond donors (Lipinski definition) is 2. The lowest BCUT2D eigenvalue weighted by Crippen LogP contribution is -2.16. The first kappa shape index (κ1) is 19.5. The van der Waals surface area contributed by atoms with E-state index >= 15 is 0 Å². The van der Waals surface area contributed by atoms with E-state index in [1.54, 1.807) is 13.0 Å². The number of nitrogens with zero attached hydrogens (tertiary/aromatic N) is 2. The predicted molar refractivity (Wildman–Crippen MR) is 107 cm³/mol. The van der Waals surface area contributed by atoms with Crippen LogP contribution in [0.5, 0.6) is 0 Å². The molecule has 0 spiro atoms. The predicted octanol–water partition coefficient (Wildman–Crippen LogP) is 3.16. The minimum absolute atomic E-state index is 0.0804. The van der Waals surface area contributed by atoms with E-state index < -0.39 is 15.7 Å². The van der Waals surface area contributed by atoms with Gasteiger partial charge in [-0.25, -0.2) is 22.6 Å². The highest BCUT2D eigenvalue weighted by atomic mass is 35.5. The highest BCUT2D eigenvalue weighted by molar-refractivity contribution is 7.99. The molecular weight excluding hydrogens is 408 g/mol. The number of aromatic nitrogens is 3. The van der Waals surface area contributed by atoms with E-state index in [-0.39, 0.29) is 10.8 Å². The Labute approximate surface area is 165 Å². The Hall–Kier alpha value is -2.23. The van der Waals surface area contributed by atoms with E-state index in [4.69, 9.17) is 11.6 Å². The molecule has 3 aromatic rings. The average Bonchev–Trinajstić information content (AvgIpc) is 2.93. The van der Waals surface area contributed by atoms with Crippen molar-refractivity contribution in [1.29, 1.82) is 0 Å². The molecule has 0 aliphatic rings. The van der Waals surface area contributed by atoms with Gasteiger partial charge in [-0.2, -0.15) is 0 Å². The molecule has 0 saturated carbocycles. The molecule has 7 nitrogen and oxygen atoms in total. The summed E-state index contributed by atoms with van der Waals surface area (Å²) >= 11 is 7.58. The maximum absolute atomic E-state index is 12.9. The lowest BCUT2D eigenvalue weighted by molar-refractivity contribution is 0.598. The number of aryl methyl sites for hydroxylation is 2. The van der Waals surface area contributed by atoms with Crippen LogP contribution in [0.25, 0.3) is 0 Å². The van der Waals surface area contributed by atoms with Crippen LogP contribution < -0.4 is 10.4 Å². The molecule has 1 heterocycles. The van der Waals surface area contributed by atoms with Gasteiger partial charge in [0.25, 0.3) is 10.0 Å². The summed E-state index contributed by atoms with van der Waals surface area (Å²) in [5.74, 6) is 0.442. The van der Waals surface area contributed by atoms with Gasteiger partial charge in [-0.3, -0.25) is 4.98 Å². The highest BCUT2D eigenvalue weighted by Crippen LogP contribution is 2.34. The van der Waals surface area contributed by atoms with Crippen molar-refractivity contribution in [2.45, 2.75) is 22.5 Å². The van der Waals surface area contributed by atoms with E-state index in [9.17, 15) is 13.2 Å². The number of aromatic amines is 1. The number of H-pyrrole nitrogens is 1. The van der Waals surface area contributed by atoms with Crippen LogP contribution in [0.2, 0.25) is 5.02 Å². The summed E-state index contributed by atoms with van der Waals surface area (Å²) in [6.07, 6.45) is 0. The molecule has 10 heteroatoms. The quantitative estimate of drug-likeness (QED) is 0.592. The van der Waals surface area contributed by atoms with Crippen molar-refractivity contribution in [3.05, 3.63) is 69.1 Å². The Morgan fingerprint density at radius 1 is 1.26 bits per heavy atom. The summed E-state index contributed by atoms with van der Waals surface area (Å²) in [5, 5.41) is 4.29. The zero-order valence-electron chi connectivity index (χ0n) is 14.6. The van der Waals surface area contributed by atoms with E-state index in [0.717, 1.165) is 10.2 Å². The maximum Gasteiger partial charge on any atom is 0.344 e. The first-order valence-corrected chi connectivity index (χ1v) is 10.7. The van der Waals surface area contributed by atoms with Crippen LogP contribution in [0.15, 0.2) is 57.1 Å². The molecular formula is C17H17ClN4O3S2. The molecule has 0 radical (unpaired) electrons. The molecule has 0 amide bonds. The van der Waals surface area contributed by atoms with Crippen molar-refractivity contribution in [2.75, 3.05) is 4.72 Å². The number of hydrogen-bond acceptors (Lipinski definition) is 5. The monoisotopic (exact) mass is 424 g/mol. The van der Waals surface area contributed by atoms with Gasteiger partial charge in [0.05, 0.1) is 0 Å². The first-order chi connectivity index (χ1) is 12.8. The molecule has 3 rings (SSSR count). The summed E-state index contributed by atoms with van der Waals surface area (Å²) in [5.41, 5.74) is 1.18. The van der Waals surface area contributed by atoms with Crippen molar-refractivity contribution < 1.29 is 8.42 Å². The van der Waals surface area contributed by atoms with Crippen LogP contribution in [0, 0.1) is 6.92 Å². The summed E-state index contributed by atoms with van der Waals surface area (Å²) in [7, 11) is -2.55. The second-order valence-corrected chi connectivity index (χ2v) is 8.91. The van der Waals surface area contributed by atoms with Gasteiger partial charge in [0, 0.05) is 22.7 Å². The lowest BCUT2D eigenvalue weighted by Gasteiger charge is -2.13. The number of nitrogens with one attached hydrogen (secondary N) is 2. The van der Waals surface area contributed by atoms with E-state index in [0.29, 0.717) is 21.2 Å². The molecule has 0 unspecified atom stereocenters. The molecule has 0 atom stereocenters. The minimum Gasteiger partial charge on any atom is -0.274 e. The summed E-state index contributed by atoms with van der Waals surface area (Å²) in [6.45, 7) is 1.73. The molecule has 0 fully saturated rings. The smallest absolute Gasteiger partial charge is 0.274 e. The van der Waals surface area contributed by atoms with Crippen LogP contribution >= 0.6 is 23.4 Å². The number of halogens is 1. The Morgan fingerprint density at radius 2 is 1.96 bits per heavy atom. The SMILES string of the molecule is Cc1cc(S(=O)(=O)Nc2nn(C)c(=O)[nH]2)c(SCc2ccccc2)cc1Cl. The van der Waals surface area contributed by atoms with Gasteiger partial charge >= 0.3 is 5.69 Å². The van der Waals surface area contributed by atoms with Crippen LogP contribution in [-0.4, -0.2) is 23.2 Å². The molecule has 0 saturated heterocycles. The highest BCUT2D eigenvalue weighted by Gasteiger charge is 2.22. The largest absolute Gasteiger partial charge is 0.344 e. The van der Waals surface area contributed by atoms with E-state index in [1.807, 2.05) is 30.3 Å². The van der Waals surface area contributed by atoms with Crippen LogP contribution in [0.4, 0.5) is 5.95 Å². The van der Waals surface area contributed by atoms with Gasteiger partial charge in [0.2, 0.25) is 5.95 Å². The van der Waals surface area contributed by atoms with E-state index in [1.165, 1.54) is 24.9 Å². The fraction of sp³-hybridized carbons (Fsp3) is 0.176. The number of thioether (sulfide) groups is 1. The maximum atomic E-state index is 12.9. The topological polar surface area (TPSA) is 96.8 Å². The minimum atomic E-state index is -3.97. The molecule has 1 aromatic heterocycles. The summed E-state index contributed by atoms with van der Waals surface area (Å²) < 4.78 is 29.1. The molecule has 27 heavy (non-hydrogen) atoms. The number of rotatable bonds is 6. The van der Waals surface area contributed by atoms with E-state index in [2.05, 4.69) is 14.8 Å². The molecule has 0 aliphatic carbocycles. The lowest BCUT2D eigenvalue weighted by atomic mass is 10.2. The van der Waals surface area contributed by atoms with Gasteiger partial charge in [-0.1, -0.05) is 41.9 Å². The Kier molecular flexibility index (Phi) is 5.64. The van der Waals surface area contributed by atoms with Crippen LogP contribution in [0.1, 0.15) is 11.1 Å². The van der Waals surface area contributed by atoms with Crippen molar-refractivity contribution >= 4 is 39.3 Å². The molecule has 2 N–H and O–H groups in total. The van der Waals surface area contributed by atoms with Crippen molar-refractivity contribution in [3.63, 3.8) is 0 Å². The fourth-order valence-corrected chi connectivity index (χ4v) is 5.09. The molecule has 0 aliphatic heterocycles. The van der Waals surface area contributed by atoms with Gasteiger partial charge in [0.1, 0.15) is 4.90 Å². The van der Waals surface area contributed by atoms with Gasteiger partial charge in [-0.15, -0.1) is 16.9 Å². The Balaban J connectivity index is 1.95. The average molecular weight is 425 g/mol. The number of sulfonamides is 1. The van der Waals surface area contributed by atoms with Crippen molar-refractivity contribution in [1.82, 2.24) is 14.8 Å². The van der Waals surface area contributed by atoms with Gasteiger partial charge in [0.15, 0.2) is 0 Å². The normalized spacial score (nSPS) is 11.5. The second-order valence-electron chi connectivity index (χ2n) is 5.83. The van der Waals surface area contributed by atoms with Gasteiger partial charge in [-0.05, 0) is 30.2 Å². The second kappa shape index (κ2) is 7.79. The third kappa shape index (κ3) is 4.55. The van der Waals surface area contributed by atoms with Crippen molar-refractivity contribution in [3.8, 4) is 0 Å². The summed E-state index contributed by atoms with van der Waals surface area (Å²) in [6, 6.07) is 12.9. The Bertz CT molecular complexity index is 1120. The van der Waals surface area contributed by atoms with Crippen molar-refractivity contribution in [2.24, 2.45) is 7.05 Å². The molecule has 142 valence electrons. The first-order valence-electron chi connectivity index (χ1n) is 7.89. The Morgan fingerprint density at radius 3 is 2.59 bits per heavy atom. The third-order valence-electron chi connectivity index (χ3n) is 3.75. The van der Waals surface area contributed by atoms with Crippen LogP contribution in [-0.2, 0) is 22.8 Å². The zero-order chi connectivity index (χ0) is 19.6. The number of benzene rings is 2. The molecule has 0 bridgehead atoms. The molecule has 2 aromatic carbocycles. The summed E-state index contributed by atoms with van der Waals surface area (Å²) in [4.78, 5) is 14.4. The standard InChI is InChI=1S/C17H17ClN4O3S2/c1-11-8-15(27(24,25)21-16-19-17(23)22(2)20-16)14(9-13(11)18)26-10-12-6-4-3-5-7-12/h3-9H,10H2,1-2H3,(H2,19,20,21,23). The third-order valence-corrected chi connectivity index (χ3v) is 6.79. The number of anilines is 1. The van der Waals surface area contributed by atoms with Gasteiger partial charge < -0.3 is 0 Å².